The maximum absolute atomic E-state index is 12.9. The summed E-state index contributed by atoms with van der Waals surface area (Å²) in [5.74, 6) is -1.85. The standard InChI is InChI=1S/C16H18FN3O3/c1-9(2)7-14(16(22)23)18-15(21)13-8-12(19-20-13)10-3-5-11(17)6-4-10/h3-6,8-9,14H,7H2,1-2H3,(H,18,21)(H,19,20)(H,22,23)/t14-/m0/s1. The van der Waals surface area contributed by atoms with Crippen molar-refractivity contribution in [1.82, 2.24) is 15.5 Å². The summed E-state index contributed by atoms with van der Waals surface area (Å²) < 4.78 is 12.9. The summed E-state index contributed by atoms with van der Waals surface area (Å²) in [5, 5.41) is 18.2. The highest BCUT2D eigenvalue weighted by Crippen LogP contribution is 2.18. The lowest BCUT2D eigenvalue weighted by Crippen LogP contribution is -2.41. The van der Waals surface area contributed by atoms with Crippen LogP contribution < -0.4 is 5.32 Å². The molecular weight excluding hydrogens is 301 g/mol. The minimum atomic E-state index is -1.08. The normalized spacial score (nSPS) is 12.2. The average molecular weight is 319 g/mol. The zero-order valence-electron chi connectivity index (χ0n) is 12.8. The van der Waals surface area contributed by atoms with Crippen LogP contribution in [0.3, 0.4) is 0 Å². The van der Waals surface area contributed by atoms with Crippen LogP contribution in [0.25, 0.3) is 11.3 Å². The Bertz CT molecular complexity index is 695. The monoisotopic (exact) mass is 319 g/mol. The van der Waals surface area contributed by atoms with Gasteiger partial charge in [-0.25, -0.2) is 9.18 Å². The smallest absolute Gasteiger partial charge is 0.326 e. The first-order valence-electron chi connectivity index (χ1n) is 7.22. The van der Waals surface area contributed by atoms with Gasteiger partial charge in [0.1, 0.15) is 17.6 Å². The van der Waals surface area contributed by atoms with Gasteiger partial charge in [0.25, 0.3) is 5.91 Å². The van der Waals surface area contributed by atoms with Gasteiger partial charge in [0, 0.05) is 5.56 Å². The highest BCUT2D eigenvalue weighted by molar-refractivity contribution is 5.95. The van der Waals surface area contributed by atoms with E-state index in [1.54, 1.807) is 12.1 Å². The van der Waals surface area contributed by atoms with Crippen molar-refractivity contribution in [3.05, 3.63) is 41.8 Å². The largest absolute Gasteiger partial charge is 0.480 e. The van der Waals surface area contributed by atoms with Crippen LogP contribution in [0.5, 0.6) is 0 Å². The second-order valence-electron chi connectivity index (χ2n) is 5.67. The maximum Gasteiger partial charge on any atom is 0.326 e. The van der Waals surface area contributed by atoms with Crippen LogP contribution in [0.15, 0.2) is 30.3 Å². The van der Waals surface area contributed by atoms with Gasteiger partial charge in [0.05, 0.1) is 5.69 Å². The van der Waals surface area contributed by atoms with Gasteiger partial charge in [-0.1, -0.05) is 13.8 Å². The third-order valence-corrected chi connectivity index (χ3v) is 3.27. The van der Waals surface area contributed by atoms with E-state index in [1.807, 2.05) is 13.8 Å². The summed E-state index contributed by atoms with van der Waals surface area (Å²) in [6, 6.07) is 6.23. The number of H-pyrrole nitrogens is 1. The SMILES string of the molecule is CC(C)C[C@H](NC(=O)c1cc(-c2ccc(F)cc2)n[nH]1)C(=O)O. The van der Waals surface area contributed by atoms with Crippen molar-refractivity contribution in [2.24, 2.45) is 5.92 Å². The van der Waals surface area contributed by atoms with E-state index in [4.69, 9.17) is 5.11 Å². The van der Waals surface area contributed by atoms with Crippen molar-refractivity contribution in [2.75, 3.05) is 0 Å². The van der Waals surface area contributed by atoms with E-state index in [0.29, 0.717) is 17.7 Å². The lowest BCUT2D eigenvalue weighted by Gasteiger charge is -2.15. The fourth-order valence-electron chi connectivity index (χ4n) is 2.14. The fourth-order valence-corrected chi connectivity index (χ4v) is 2.14. The van der Waals surface area contributed by atoms with Gasteiger partial charge < -0.3 is 10.4 Å². The molecule has 0 aliphatic rings. The number of amides is 1. The molecule has 0 saturated carbocycles. The molecule has 0 unspecified atom stereocenters. The van der Waals surface area contributed by atoms with Crippen LogP contribution in [-0.4, -0.2) is 33.2 Å². The molecule has 1 atom stereocenters. The Morgan fingerprint density at radius 3 is 2.52 bits per heavy atom. The number of nitrogens with one attached hydrogen (secondary N) is 2. The molecule has 0 fully saturated rings. The van der Waals surface area contributed by atoms with E-state index in [1.165, 1.54) is 18.2 Å². The lowest BCUT2D eigenvalue weighted by molar-refractivity contribution is -0.139. The molecule has 1 amide bonds. The number of carbonyl (C=O) groups excluding carboxylic acids is 1. The first-order chi connectivity index (χ1) is 10.9. The van der Waals surface area contributed by atoms with Gasteiger partial charge in [0.2, 0.25) is 0 Å². The summed E-state index contributed by atoms with van der Waals surface area (Å²) in [5.41, 5.74) is 1.28. The number of benzene rings is 1. The van der Waals surface area contributed by atoms with Gasteiger partial charge in [-0.3, -0.25) is 9.89 Å². The molecule has 2 rings (SSSR count). The van der Waals surface area contributed by atoms with E-state index >= 15 is 0 Å². The van der Waals surface area contributed by atoms with Gasteiger partial charge in [0.15, 0.2) is 0 Å². The number of aliphatic carboxylic acids is 1. The number of carbonyl (C=O) groups is 2. The van der Waals surface area contributed by atoms with E-state index in [9.17, 15) is 14.0 Å². The minimum Gasteiger partial charge on any atom is -0.480 e. The first-order valence-corrected chi connectivity index (χ1v) is 7.22. The van der Waals surface area contributed by atoms with E-state index < -0.39 is 17.9 Å². The zero-order chi connectivity index (χ0) is 17.0. The predicted molar refractivity (Wildman–Crippen MR) is 82.3 cm³/mol. The van der Waals surface area contributed by atoms with E-state index in [0.717, 1.165) is 0 Å². The van der Waals surface area contributed by atoms with Gasteiger partial charge in [-0.15, -0.1) is 0 Å². The summed E-state index contributed by atoms with van der Waals surface area (Å²) in [6.45, 7) is 3.76. The summed E-state index contributed by atoms with van der Waals surface area (Å²) in [7, 11) is 0. The maximum atomic E-state index is 12.9. The molecule has 0 spiro atoms. The van der Waals surface area contributed by atoms with Crippen LogP contribution in [0.2, 0.25) is 0 Å². The summed E-state index contributed by atoms with van der Waals surface area (Å²) in [6.07, 6.45) is 0.333. The number of carboxylic acids is 1. The summed E-state index contributed by atoms with van der Waals surface area (Å²) in [4.78, 5) is 23.3. The van der Waals surface area contributed by atoms with Crippen LogP contribution in [0.1, 0.15) is 30.8 Å². The van der Waals surface area contributed by atoms with Gasteiger partial charge in [-0.2, -0.15) is 5.10 Å². The predicted octanol–water partition coefficient (Wildman–Crippen LogP) is 2.44. The van der Waals surface area contributed by atoms with Crippen molar-refractivity contribution in [3.8, 4) is 11.3 Å². The summed E-state index contributed by atoms with van der Waals surface area (Å²) >= 11 is 0. The highest BCUT2D eigenvalue weighted by atomic mass is 19.1. The molecule has 1 aromatic carbocycles. The molecule has 1 aromatic heterocycles. The quantitative estimate of drug-likeness (QED) is 0.762. The van der Waals surface area contributed by atoms with Crippen LogP contribution in [0, 0.1) is 11.7 Å². The van der Waals surface area contributed by atoms with Crippen LogP contribution in [0.4, 0.5) is 4.39 Å². The van der Waals surface area contributed by atoms with Crippen LogP contribution >= 0.6 is 0 Å². The highest BCUT2D eigenvalue weighted by Gasteiger charge is 2.22. The van der Waals surface area contributed by atoms with Crippen molar-refractivity contribution < 1.29 is 19.1 Å². The topological polar surface area (TPSA) is 95.1 Å². The van der Waals surface area contributed by atoms with Crippen molar-refractivity contribution in [1.29, 1.82) is 0 Å². The molecule has 0 bridgehead atoms. The Hall–Kier alpha value is -2.70. The Labute approximate surface area is 132 Å². The lowest BCUT2D eigenvalue weighted by atomic mass is 10.0. The number of hydrogen-bond acceptors (Lipinski definition) is 3. The molecular formula is C16H18FN3O3. The number of hydrogen-bond donors (Lipinski definition) is 3. The van der Waals surface area contributed by atoms with E-state index in [-0.39, 0.29) is 17.4 Å². The Morgan fingerprint density at radius 2 is 1.96 bits per heavy atom. The minimum absolute atomic E-state index is 0.132. The Morgan fingerprint density at radius 1 is 1.30 bits per heavy atom. The molecule has 0 saturated heterocycles. The van der Waals surface area contributed by atoms with E-state index in [2.05, 4.69) is 15.5 Å². The second-order valence-corrected chi connectivity index (χ2v) is 5.67. The first kappa shape index (κ1) is 16.7. The molecule has 7 heteroatoms. The zero-order valence-corrected chi connectivity index (χ0v) is 12.8. The molecule has 0 aliphatic heterocycles. The molecule has 0 aliphatic carbocycles. The molecule has 2 aromatic rings. The number of nitrogens with zero attached hydrogens (tertiary/aromatic N) is 1. The molecule has 1 heterocycles. The van der Waals surface area contributed by atoms with Crippen molar-refractivity contribution in [2.45, 2.75) is 26.3 Å². The average Bonchev–Trinajstić information content (AvgIpc) is 2.96. The molecule has 122 valence electrons. The molecule has 6 nitrogen and oxygen atoms in total. The number of aromatic nitrogens is 2. The molecule has 3 N–H and O–H groups in total. The number of carboxylic acid groups (broad SMARTS) is 1. The van der Waals surface area contributed by atoms with Gasteiger partial charge in [-0.05, 0) is 42.7 Å². The van der Waals surface area contributed by atoms with Crippen LogP contribution in [-0.2, 0) is 4.79 Å². The number of halogens is 1. The number of aromatic amines is 1. The van der Waals surface area contributed by atoms with Gasteiger partial charge >= 0.3 is 5.97 Å². The second kappa shape index (κ2) is 7.04. The molecule has 23 heavy (non-hydrogen) atoms. The third kappa shape index (κ3) is 4.38. The molecule has 0 radical (unpaired) electrons. The Balaban J connectivity index is 2.11. The van der Waals surface area contributed by atoms with Crippen molar-refractivity contribution >= 4 is 11.9 Å². The van der Waals surface area contributed by atoms with Crippen molar-refractivity contribution in [3.63, 3.8) is 0 Å². The fraction of sp³-hybridized carbons (Fsp3) is 0.312. The Kier molecular flexibility index (Phi) is 5.10. The number of rotatable bonds is 6. The third-order valence-electron chi connectivity index (χ3n) is 3.27.